The van der Waals surface area contributed by atoms with E-state index in [0.29, 0.717) is 0 Å². The molecule has 0 aromatic rings. The second-order valence-corrected chi connectivity index (χ2v) is 1.97. The lowest BCUT2D eigenvalue weighted by Gasteiger charge is -2.10. The van der Waals surface area contributed by atoms with Crippen LogP contribution in [0.4, 0.5) is 0 Å². The average molecular weight is 113 g/mol. The molecule has 0 radical (unpaired) electrons. The molecule has 0 aromatic carbocycles. The first-order valence-electron chi connectivity index (χ1n) is 2.93. The third-order valence-electron chi connectivity index (χ3n) is 1.36. The van der Waals surface area contributed by atoms with Crippen molar-refractivity contribution in [3.05, 3.63) is 11.6 Å². The van der Waals surface area contributed by atoms with Gasteiger partial charge in [-0.1, -0.05) is 6.08 Å². The fraction of sp³-hybridized carbons (Fsp3) is 0.667. The maximum Gasteiger partial charge on any atom is 0.0642 e. The molecular formula is C6H11NO. The first-order chi connectivity index (χ1) is 3.93. The normalized spacial score (nSPS) is 20.4. The monoisotopic (exact) mass is 113 g/mol. The van der Waals surface area contributed by atoms with Gasteiger partial charge in [-0.05, 0) is 18.5 Å². The number of hydrogen-bond acceptors (Lipinski definition) is 2. The Morgan fingerprint density at radius 2 is 2.62 bits per heavy atom. The summed E-state index contributed by atoms with van der Waals surface area (Å²) in [7, 11) is 0. The van der Waals surface area contributed by atoms with Crippen LogP contribution in [-0.4, -0.2) is 24.8 Å². The van der Waals surface area contributed by atoms with Gasteiger partial charge in [-0.2, -0.15) is 0 Å². The zero-order valence-corrected chi connectivity index (χ0v) is 4.85. The van der Waals surface area contributed by atoms with Crippen molar-refractivity contribution in [3.63, 3.8) is 0 Å². The standard InChI is InChI=1S/C6H11NO/c8-5-6-1-3-7-4-2-6/h1,7-8H,2-5H2. The molecule has 0 atom stereocenters. The highest BCUT2D eigenvalue weighted by Gasteiger charge is 1.98. The molecule has 1 rings (SSSR count). The van der Waals surface area contributed by atoms with E-state index >= 15 is 0 Å². The smallest absolute Gasteiger partial charge is 0.0642 e. The lowest BCUT2D eigenvalue weighted by atomic mass is 10.1. The third-order valence-corrected chi connectivity index (χ3v) is 1.36. The maximum absolute atomic E-state index is 8.59. The first-order valence-corrected chi connectivity index (χ1v) is 2.93. The quantitative estimate of drug-likeness (QED) is 0.465. The van der Waals surface area contributed by atoms with Crippen LogP contribution in [0.25, 0.3) is 0 Å². The van der Waals surface area contributed by atoms with Gasteiger partial charge in [-0.25, -0.2) is 0 Å². The van der Waals surface area contributed by atoms with Gasteiger partial charge in [0.15, 0.2) is 0 Å². The molecule has 0 spiro atoms. The Kier molecular flexibility index (Phi) is 2.06. The lowest BCUT2D eigenvalue weighted by molar-refractivity contribution is 0.323. The Morgan fingerprint density at radius 3 is 3.00 bits per heavy atom. The molecule has 0 unspecified atom stereocenters. The summed E-state index contributed by atoms with van der Waals surface area (Å²) in [6.07, 6.45) is 3.06. The van der Waals surface area contributed by atoms with Gasteiger partial charge >= 0.3 is 0 Å². The van der Waals surface area contributed by atoms with Crippen LogP contribution in [0.15, 0.2) is 11.6 Å². The Morgan fingerprint density at radius 1 is 1.75 bits per heavy atom. The van der Waals surface area contributed by atoms with Crippen molar-refractivity contribution < 1.29 is 5.11 Å². The minimum absolute atomic E-state index is 0.238. The van der Waals surface area contributed by atoms with Gasteiger partial charge in [0.05, 0.1) is 6.61 Å². The first kappa shape index (κ1) is 5.79. The SMILES string of the molecule is OCC1=CCNCC1. The highest BCUT2D eigenvalue weighted by molar-refractivity contribution is 5.06. The van der Waals surface area contributed by atoms with Crippen LogP contribution in [0.3, 0.4) is 0 Å². The van der Waals surface area contributed by atoms with Crippen LogP contribution >= 0.6 is 0 Å². The van der Waals surface area contributed by atoms with Crippen molar-refractivity contribution >= 4 is 0 Å². The molecule has 0 fully saturated rings. The van der Waals surface area contributed by atoms with E-state index in [0.717, 1.165) is 19.5 Å². The van der Waals surface area contributed by atoms with E-state index in [4.69, 9.17) is 5.11 Å². The van der Waals surface area contributed by atoms with E-state index in [1.54, 1.807) is 0 Å². The summed E-state index contributed by atoms with van der Waals surface area (Å²) in [6.45, 7) is 2.18. The second-order valence-electron chi connectivity index (χ2n) is 1.97. The van der Waals surface area contributed by atoms with Gasteiger partial charge in [-0.3, -0.25) is 0 Å². The van der Waals surface area contributed by atoms with E-state index in [1.807, 2.05) is 6.08 Å². The van der Waals surface area contributed by atoms with E-state index in [-0.39, 0.29) is 6.61 Å². The van der Waals surface area contributed by atoms with Crippen molar-refractivity contribution in [1.82, 2.24) is 5.32 Å². The molecule has 0 bridgehead atoms. The van der Waals surface area contributed by atoms with Crippen LogP contribution in [0, 0.1) is 0 Å². The predicted molar refractivity (Wildman–Crippen MR) is 32.7 cm³/mol. The Hall–Kier alpha value is -0.340. The highest BCUT2D eigenvalue weighted by atomic mass is 16.3. The van der Waals surface area contributed by atoms with Gasteiger partial charge in [0.1, 0.15) is 0 Å². The van der Waals surface area contributed by atoms with Crippen LogP contribution < -0.4 is 5.32 Å². The highest BCUT2D eigenvalue weighted by Crippen LogP contribution is 2.00. The minimum atomic E-state index is 0.238. The molecule has 2 heteroatoms. The van der Waals surface area contributed by atoms with Gasteiger partial charge in [-0.15, -0.1) is 0 Å². The van der Waals surface area contributed by atoms with Crippen LogP contribution in [-0.2, 0) is 0 Å². The largest absolute Gasteiger partial charge is 0.392 e. The van der Waals surface area contributed by atoms with E-state index in [2.05, 4.69) is 5.32 Å². The van der Waals surface area contributed by atoms with Crippen LogP contribution in [0.2, 0.25) is 0 Å². The van der Waals surface area contributed by atoms with Crippen molar-refractivity contribution in [3.8, 4) is 0 Å². The molecule has 0 aliphatic carbocycles. The molecule has 2 nitrogen and oxygen atoms in total. The molecule has 0 aromatic heterocycles. The predicted octanol–water partition coefficient (Wildman–Crippen LogP) is -0.102. The summed E-state index contributed by atoms with van der Waals surface area (Å²) < 4.78 is 0. The summed E-state index contributed by atoms with van der Waals surface area (Å²) in [5, 5.41) is 11.8. The molecule has 1 heterocycles. The van der Waals surface area contributed by atoms with Gasteiger partial charge in [0.25, 0.3) is 0 Å². The third kappa shape index (κ3) is 1.32. The number of rotatable bonds is 1. The Balaban J connectivity index is 2.37. The zero-order chi connectivity index (χ0) is 5.82. The van der Waals surface area contributed by atoms with Crippen molar-refractivity contribution in [1.29, 1.82) is 0 Å². The van der Waals surface area contributed by atoms with Gasteiger partial charge in [0, 0.05) is 6.54 Å². The topological polar surface area (TPSA) is 32.3 Å². The zero-order valence-electron chi connectivity index (χ0n) is 4.85. The van der Waals surface area contributed by atoms with Crippen molar-refractivity contribution in [2.75, 3.05) is 19.7 Å². The number of nitrogens with one attached hydrogen (secondary N) is 1. The fourth-order valence-corrected chi connectivity index (χ4v) is 0.813. The number of aliphatic hydroxyl groups is 1. The minimum Gasteiger partial charge on any atom is -0.392 e. The molecule has 1 aliphatic rings. The molecule has 0 saturated carbocycles. The molecular weight excluding hydrogens is 102 g/mol. The molecule has 0 amide bonds. The summed E-state index contributed by atoms with van der Waals surface area (Å²) in [5.74, 6) is 0. The summed E-state index contributed by atoms with van der Waals surface area (Å²) >= 11 is 0. The Labute approximate surface area is 49.2 Å². The summed E-state index contributed by atoms with van der Waals surface area (Å²) in [5.41, 5.74) is 1.17. The average Bonchev–Trinajstić information content (AvgIpc) is 1.90. The summed E-state index contributed by atoms with van der Waals surface area (Å²) in [4.78, 5) is 0. The molecule has 0 saturated heterocycles. The lowest BCUT2D eigenvalue weighted by Crippen LogP contribution is -2.21. The molecule has 46 valence electrons. The van der Waals surface area contributed by atoms with Gasteiger partial charge < -0.3 is 10.4 Å². The van der Waals surface area contributed by atoms with Crippen molar-refractivity contribution in [2.45, 2.75) is 6.42 Å². The van der Waals surface area contributed by atoms with Crippen LogP contribution in [0.1, 0.15) is 6.42 Å². The van der Waals surface area contributed by atoms with E-state index < -0.39 is 0 Å². The molecule has 8 heavy (non-hydrogen) atoms. The van der Waals surface area contributed by atoms with E-state index in [9.17, 15) is 0 Å². The number of aliphatic hydroxyl groups excluding tert-OH is 1. The number of hydrogen-bond donors (Lipinski definition) is 2. The van der Waals surface area contributed by atoms with Crippen LogP contribution in [0.5, 0.6) is 0 Å². The molecule has 2 N–H and O–H groups in total. The van der Waals surface area contributed by atoms with Gasteiger partial charge in [0.2, 0.25) is 0 Å². The second kappa shape index (κ2) is 2.84. The maximum atomic E-state index is 8.59. The fourth-order valence-electron chi connectivity index (χ4n) is 0.813. The van der Waals surface area contributed by atoms with E-state index in [1.165, 1.54) is 5.57 Å². The Bertz CT molecular complexity index is 98.7. The van der Waals surface area contributed by atoms with Crippen molar-refractivity contribution in [2.24, 2.45) is 0 Å². The summed E-state index contributed by atoms with van der Waals surface area (Å²) in [6, 6.07) is 0. The molecule has 1 aliphatic heterocycles.